The topological polar surface area (TPSA) is 141 Å². The number of unbranched alkanes of at least 4 members (excludes halogenated alkanes) is 18. The lowest BCUT2D eigenvalue weighted by molar-refractivity contribution is -0.147. The molecule has 8 heteroatoms. The first-order valence-electron chi connectivity index (χ1n) is 16.5. The van der Waals surface area contributed by atoms with E-state index >= 15 is 0 Å². The quantitative estimate of drug-likeness (QED) is 0.0584. The Morgan fingerprint density at radius 3 is 1.68 bits per heavy atom. The minimum Gasteiger partial charge on any atom is -0.465 e. The fraction of sp³-hybridized carbons (Fsp3) is 0.818. The number of nitrogens with two attached hydrogens (primary N) is 2. The minimum atomic E-state index is -0.954. The molecule has 0 bridgehead atoms. The molecule has 0 radical (unpaired) electrons. The first kappa shape index (κ1) is 36.8. The molecule has 0 aliphatic rings. The number of nitrogens with one attached hydrogen (secondary N) is 1. The van der Waals surface area contributed by atoms with Crippen LogP contribution in [0.5, 0.6) is 0 Å². The number of Topliss-reactive ketones (excluding diaryl/α,β-unsaturated/α-hetero) is 1. The zero-order chi connectivity index (χ0) is 30.3. The number of nitrogens with zero attached hydrogens (tertiary/aromatic N) is 1. The van der Waals surface area contributed by atoms with Crippen LogP contribution in [0.25, 0.3) is 0 Å². The van der Waals surface area contributed by atoms with Crippen LogP contribution in [-0.4, -0.2) is 34.4 Å². The number of rotatable bonds is 26. The normalized spacial score (nSPS) is 13.6. The van der Waals surface area contributed by atoms with Gasteiger partial charge in [0.05, 0.1) is 18.2 Å². The van der Waals surface area contributed by atoms with E-state index in [0.29, 0.717) is 12.8 Å². The van der Waals surface area contributed by atoms with Gasteiger partial charge in [-0.05, 0) is 12.8 Å². The average molecular weight is 577 g/mol. The number of aromatic amines is 1. The third-order valence-electron chi connectivity index (χ3n) is 8.50. The van der Waals surface area contributed by atoms with E-state index < -0.39 is 22.9 Å². The van der Waals surface area contributed by atoms with Crippen molar-refractivity contribution in [3.63, 3.8) is 0 Å². The number of hydrogen-bond acceptors (Lipinski definition) is 7. The number of carbonyl (C=O) groups excluding carboxylic acids is 2. The highest BCUT2D eigenvalue weighted by Gasteiger charge is 2.37. The molecule has 0 saturated heterocycles. The van der Waals surface area contributed by atoms with Crippen molar-refractivity contribution in [2.45, 2.75) is 162 Å². The van der Waals surface area contributed by atoms with Crippen molar-refractivity contribution >= 4 is 17.6 Å². The average Bonchev–Trinajstić information content (AvgIpc) is 2.96. The number of hydrogen-bond donors (Lipinski definition) is 3. The summed E-state index contributed by atoms with van der Waals surface area (Å²) in [7, 11) is 0. The third-order valence-corrected chi connectivity index (χ3v) is 8.50. The number of nitrogen functional groups attached to an aromatic ring is 1. The molecule has 236 valence electrons. The molecule has 0 unspecified atom stereocenters. The molecule has 8 nitrogen and oxygen atoms in total. The van der Waals surface area contributed by atoms with E-state index in [0.717, 1.165) is 25.5 Å². The van der Waals surface area contributed by atoms with E-state index in [1.165, 1.54) is 103 Å². The summed E-state index contributed by atoms with van der Waals surface area (Å²) in [5, 5.41) is 0. The van der Waals surface area contributed by atoms with Crippen molar-refractivity contribution in [3.05, 3.63) is 22.2 Å². The van der Waals surface area contributed by atoms with Crippen LogP contribution >= 0.6 is 0 Å². The van der Waals surface area contributed by atoms with Gasteiger partial charge in [0.25, 0.3) is 0 Å². The van der Waals surface area contributed by atoms with Crippen LogP contribution in [0.3, 0.4) is 0 Å². The predicted octanol–water partition coefficient (Wildman–Crippen LogP) is 7.64. The highest BCUT2D eigenvalue weighted by molar-refractivity contribution is 6.03. The summed E-state index contributed by atoms with van der Waals surface area (Å²) >= 11 is 0. The summed E-state index contributed by atoms with van der Waals surface area (Å²) in [6.07, 6.45) is 27.0. The SMILES string of the molecule is CCCCCCCCCCCCCCCCCCCCCC(=O)OC[C@](C)(CC)[C@H](N)C(=O)c1cnc(=O)[nH]c1N. The maximum Gasteiger partial charge on any atom is 0.346 e. The molecule has 0 spiro atoms. The zero-order valence-corrected chi connectivity index (χ0v) is 26.4. The molecule has 5 N–H and O–H groups in total. The lowest BCUT2D eigenvalue weighted by Crippen LogP contribution is -2.48. The van der Waals surface area contributed by atoms with Crippen LogP contribution in [-0.2, 0) is 9.53 Å². The van der Waals surface area contributed by atoms with Gasteiger partial charge in [-0.2, -0.15) is 0 Å². The summed E-state index contributed by atoms with van der Waals surface area (Å²) in [6.45, 7) is 6.03. The van der Waals surface area contributed by atoms with Crippen LogP contribution in [0.1, 0.15) is 166 Å². The largest absolute Gasteiger partial charge is 0.465 e. The molecule has 0 aliphatic heterocycles. The van der Waals surface area contributed by atoms with Crippen molar-refractivity contribution in [1.82, 2.24) is 9.97 Å². The standard InChI is InChI=1S/C33H60N4O4/c1-4-6-7-8-9-10-11-12-13-14-15-16-17-18-19-20-21-22-23-24-28(38)41-26-33(3,5-2)30(34)29(39)27-25-36-32(40)37-31(27)35/h25,30H,4-24,26,34H2,1-3H3,(H3,35,36,37,40)/t30-,33+/m1/s1. The van der Waals surface area contributed by atoms with Crippen molar-refractivity contribution in [1.29, 1.82) is 0 Å². The van der Waals surface area contributed by atoms with Crippen LogP contribution in [0.2, 0.25) is 0 Å². The summed E-state index contributed by atoms with van der Waals surface area (Å²) < 4.78 is 5.52. The van der Waals surface area contributed by atoms with E-state index in [1.54, 1.807) is 0 Å². The predicted molar refractivity (Wildman–Crippen MR) is 169 cm³/mol. The molecule has 2 atom stereocenters. The molecule has 0 fully saturated rings. The number of H-pyrrole nitrogens is 1. The second-order valence-corrected chi connectivity index (χ2v) is 12.1. The van der Waals surface area contributed by atoms with E-state index in [1.807, 2.05) is 13.8 Å². The molecule has 0 amide bonds. The number of ether oxygens (including phenoxy) is 1. The monoisotopic (exact) mass is 576 g/mol. The Bertz CT molecular complexity index is 903. The van der Waals surface area contributed by atoms with Crippen LogP contribution in [0.15, 0.2) is 11.0 Å². The Kier molecular flexibility index (Phi) is 20.1. The molecular formula is C33H60N4O4. The molecule has 0 aliphatic carbocycles. The lowest BCUT2D eigenvalue weighted by Gasteiger charge is -2.33. The first-order valence-corrected chi connectivity index (χ1v) is 16.5. The van der Waals surface area contributed by atoms with Crippen molar-refractivity contribution < 1.29 is 14.3 Å². The number of carbonyl (C=O) groups is 2. The third kappa shape index (κ3) is 16.1. The van der Waals surface area contributed by atoms with Crippen LogP contribution < -0.4 is 17.2 Å². The van der Waals surface area contributed by atoms with Gasteiger partial charge in [-0.3, -0.25) is 14.6 Å². The molecule has 0 saturated carbocycles. The molecular weight excluding hydrogens is 516 g/mol. The second-order valence-electron chi connectivity index (χ2n) is 12.1. The summed E-state index contributed by atoms with van der Waals surface area (Å²) in [4.78, 5) is 42.4. The lowest BCUT2D eigenvalue weighted by atomic mass is 9.77. The molecule has 1 aromatic rings. The van der Waals surface area contributed by atoms with Gasteiger partial charge in [0.2, 0.25) is 0 Å². The Morgan fingerprint density at radius 2 is 1.27 bits per heavy atom. The van der Waals surface area contributed by atoms with Crippen molar-refractivity contribution in [2.24, 2.45) is 11.1 Å². The fourth-order valence-corrected chi connectivity index (χ4v) is 5.16. The van der Waals surface area contributed by atoms with Gasteiger partial charge >= 0.3 is 11.7 Å². The highest BCUT2D eigenvalue weighted by atomic mass is 16.5. The Labute approximate surface area is 249 Å². The van der Waals surface area contributed by atoms with Gasteiger partial charge in [-0.1, -0.05) is 136 Å². The van der Waals surface area contributed by atoms with E-state index in [-0.39, 0.29) is 24.0 Å². The zero-order valence-electron chi connectivity index (χ0n) is 26.4. The smallest absolute Gasteiger partial charge is 0.346 e. The van der Waals surface area contributed by atoms with Gasteiger partial charge in [-0.25, -0.2) is 9.78 Å². The van der Waals surface area contributed by atoms with Gasteiger partial charge in [0.15, 0.2) is 5.78 Å². The van der Waals surface area contributed by atoms with Gasteiger partial charge in [-0.15, -0.1) is 0 Å². The molecule has 1 aromatic heterocycles. The fourth-order valence-electron chi connectivity index (χ4n) is 5.16. The molecule has 1 heterocycles. The van der Waals surface area contributed by atoms with Gasteiger partial charge in [0, 0.05) is 18.0 Å². The van der Waals surface area contributed by atoms with E-state index in [9.17, 15) is 14.4 Å². The van der Waals surface area contributed by atoms with Crippen LogP contribution in [0, 0.1) is 5.41 Å². The van der Waals surface area contributed by atoms with Gasteiger partial charge < -0.3 is 16.2 Å². The summed E-state index contributed by atoms with van der Waals surface area (Å²) in [6, 6.07) is -0.954. The number of ketones is 1. The number of aromatic nitrogens is 2. The van der Waals surface area contributed by atoms with E-state index in [2.05, 4.69) is 16.9 Å². The van der Waals surface area contributed by atoms with Crippen LogP contribution in [0.4, 0.5) is 5.82 Å². The molecule has 41 heavy (non-hydrogen) atoms. The van der Waals surface area contributed by atoms with Gasteiger partial charge in [0.1, 0.15) is 5.82 Å². The summed E-state index contributed by atoms with van der Waals surface area (Å²) in [5.41, 5.74) is 10.7. The number of esters is 1. The Balaban J connectivity index is 2.05. The molecule has 1 rings (SSSR count). The molecule has 0 aromatic carbocycles. The highest BCUT2D eigenvalue weighted by Crippen LogP contribution is 2.28. The van der Waals surface area contributed by atoms with Crippen molar-refractivity contribution in [2.75, 3.05) is 12.3 Å². The first-order chi connectivity index (χ1) is 19.7. The Hall–Kier alpha value is -2.22. The maximum absolute atomic E-state index is 12.9. The van der Waals surface area contributed by atoms with E-state index in [4.69, 9.17) is 16.2 Å². The maximum atomic E-state index is 12.9. The minimum absolute atomic E-state index is 0.0467. The second kappa shape index (κ2) is 22.4. The number of anilines is 1. The van der Waals surface area contributed by atoms with Crippen molar-refractivity contribution in [3.8, 4) is 0 Å². The Morgan fingerprint density at radius 1 is 0.829 bits per heavy atom. The summed E-state index contributed by atoms with van der Waals surface area (Å²) in [5.74, 6) is -0.766.